The summed E-state index contributed by atoms with van der Waals surface area (Å²) in [5.74, 6) is 0. The van der Waals surface area contributed by atoms with E-state index in [4.69, 9.17) is 4.74 Å². The van der Waals surface area contributed by atoms with Crippen LogP contribution in [0.3, 0.4) is 0 Å². The second-order valence-corrected chi connectivity index (χ2v) is 8.26. The number of thiophene rings is 1. The molecule has 1 saturated carbocycles. The van der Waals surface area contributed by atoms with Gasteiger partial charge in [0.25, 0.3) is 0 Å². The summed E-state index contributed by atoms with van der Waals surface area (Å²) in [5, 5.41) is 6.57. The van der Waals surface area contributed by atoms with Crippen molar-refractivity contribution in [3.63, 3.8) is 0 Å². The molecule has 1 atom stereocenters. The van der Waals surface area contributed by atoms with Crippen molar-refractivity contribution >= 4 is 17.4 Å². The summed E-state index contributed by atoms with van der Waals surface area (Å²) >= 11 is 1.88. The topological polar surface area (TPSA) is 50.4 Å². The van der Waals surface area contributed by atoms with Crippen LogP contribution in [0.2, 0.25) is 0 Å². The van der Waals surface area contributed by atoms with Crippen molar-refractivity contribution in [1.29, 1.82) is 0 Å². The zero-order valence-corrected chi connectivity index (χ0v) is 15.0. The third-order valence-electron chi connectivity index (χ3n) is 3.80. The predicted octanol–water partition coefficient (Wildman–Crippen LogP) is 4.02. The van der Waals surface area contributed by atoms with Gasteiger partial charge in [-0.05, 0) is 59.1 Å². The molecule has 5 heteroatoms. The number of alkyl carbamates (subject to hydrolysis) is 1. The van der Waals surface area contributed by atoms with Crippen LogP contribution < -0.4 is 10.6 Å². The Morgan fingerprint density at radius 2 is 2.05 bits per heavy atom. The maximum Gasteiger partial charge on any atom is 0.407 e. The van der Waals surface area contributed by atoms with Crippen molar-refractivity contribution in [1.82, 2.24) is 10.6 Å². The van der Waals surface area contributed by atoms with Gasteiger partial charge in [0.05, 0.1) is 0 Å². The quantitative estimate of drug-likeness (QED) is 0.860. The van der Waals surface area contributed by atoms with Gasteiger partial charge in [-0.15, -0.1) is 11.3 Å². The molecule has 0 saturated heterocycles. The Morgan fingerprint density at radius 1 is 1.36 bits per heavy atom. The van der Waals surface area contributed by atoms with Gasteiger partial charge in [-0.3, -0.25) is 0 Å². The maximum atomic E-state index is 11.7. The third-order valence-corrected chi connectivity index (χ3v) is 5.21. The van der Waals surface area contributed by atoms with Gasteiger partial charge in [0.15, 0.2) is 0 Å². The van der Waals surface area contributed by atoms with E-state index in [9.17, 15) is 4.79 Å². The highest BCUT2D eigenvalue weighted by Crippen LogP contribution is 2.28. The van der Waals surface area contributed by atoms with Crippen LogP contribution in [0.15, 0.2) is 12.1 Å². The molecule has 2 N–H and O–H groups in total. The van der Waals surface area contributed by atoms with Crippen molar-refractivity contribution in [2.75, 3.05) is 0 Å². The number of amides is 1. The molecule has 0 radical (unpaired) electrons. The number of hydrogen-bond donors (Lipinski definition) is 2. The number of nitrogens with one attached hydrogen (secondary N) is 2. The SMILES string of the molecule is CCc1ccc(C(C)NC2CC(NC(=O)OC(C)(C)C)C2)s1. The summed E-state index contributed by atoms with van der Waals surface area (Å²) < 4.78 is 5.28. The van der Waals surface area contributed by atoms with Gasteiger partial charge in [-0.2, -0.15) is 0 Å². The lowest BCUT2D eigenvalue weighted by Crippen LogP contribution is -2.53. The fourth-order valence-corrected chi connectivity index (χ4v) is 3.56. The second-order valence-electron chi connectivity index (χ2n) is 7.06. The van der Waals surface area contributed by atoms with Gasteiger partial charge >= 0.3 is 6.09 Å². The first-order valence-electron chi connectivity index (χ1n) is 8.11. The van der Waals surface area contributed by atoms with Gasteiger partial charge in [0, 0.05) is 27.9 Å². The molecule has 4 nitrogen and oxygen atoms in total. The molecular weight excluding hydrogens is 296 g/mol. The summed E-state index contributed by atoms with van der Waals surface area (Å²) in [4.78, 5) is 14.5. The third kappa shape index (κ3) is 4.99. The molecule has 1 aliphatic rings. The van der Waals surface area contributed by atoms with Crippen molar-refractivity contribution in [3.05, 3.63) is 21.9 Å². The number of carbonyl (C=O) groups excluding carboxylic acids is 1. The van der Waals surface area contributed by atoms with Gasteiger partial charge < -0.3 is 15.4 Å². The summed E-state index contributed by atoms with van der Waals surface area (Å²) in [5.41, 5.74) is -0.434. The lowest BCUT2D eigenvalue weighted by atomic mass is 9.86. The van der Waals surface area contributed by atoms with Crippen LogP contribution >= 0.6 is 11.3 Å². The van der Waals surface area contributed by atoms with Crippen molar-refractivity contribution in [3.8, 4) is 0 Å². The Hall–Kier alpha value is -1.07. The minimum Gasteiger partial charge on any atom is -0.444 e. The van der Waals surface area contributed by atoms with Crippen LogP contribution in [0.25, 0.3) is 0 Å². The number of carbonyl (C=O) groups is 1. The number of hydrogen-bond acceptors (Lipinski definition) is 4. The summed E-state index contributed by atoms with van der Waals surface area (Å²) in [6, 6.07) is 5.51. The highest BCUT2D eigenvalue weighted by atomic mass is 32.1. The summed E-state index contributed by atoms with van der Waals surface area (Å²) in [6.45, 7) is 10.0. The standard InChI is InChI=1S/C17H28N2O2S/c1-6-14-7-8-15(22-14)11(2)18-12-9-13(10-12)19-16(20)21-17(3,4)5/h7-8,11-13,18H,6,9-10H2,1-5H3,(H,19,20). The van der Waals surface area contributed by atoms with Gasteiger partial charge in [0.1, 0.15) is 5.60 Å². The Morgan fingerprint density at radius 3 is 2.59 bits per heavy atom. The second kappa shape index (κ2) is 7.01. The summed E-state index contributed by atoms with van der Waals surface area (Å²) in [7, 11) is 0. The lowest BCUT2D eigenvalue weighted by Gasteiger charge is -2.38. The highest BCUT2D eigenvalue weighted by molar-refractivity contribution is 7.12. The van der Waals surface area contributed by atoms with Crippen LogP contribution in [-0.2, 0) is 11.2 Å². The van der Waals surface area contributed by atoms with Crippen LogP contribution in [0.4, 0.5) is 4.79 Å². The molecule has 0 spiro atoms. The Balaban J connectivity index is 1.69. The normalized spacial score (nSPS) is 22.8. The molecule has 2 rings (SSSR count). The van der Waals surface area contributed by atoms with Crippen LogP contribution in [0.1, 0.15) is 63.3 Å². The Kier molecular flexibility index (Phi) is 5.50. The maximum absolute atomic E-state index is 11.7. The van der Waals surface area contributed by atoms with E-state index in [0.29, 0.717) is 12.1 Å². The van der Waals surface area contributed by atoms with Crippen LogP contribution in [-0.4, -0.2) is 23.8 Å². The molecule has 1 fully saturated rings. The first kappa shape index (κ1) is 17.3. The summed E-state index contributed by atoms with van der Waals surface area (Å²) in [6.07, 6.45) is 2.73. The van der Waals surface area contributed by atoms with Gasteiger partial charge in [0.2, 0.25) is 0 Å². The monoisotopic (exact) mass is 324 g/mol. The molecule has 0 aromatic carbocycles. The van der Waals surface area contributed by atoms with Crippen molar-refractivity contribution in [2.45, 2.75) is 77.6 Å². The molecule has 0 bridgehead atoms. The molecule has 22 heavy (non-hydrogen) atoms. The van der Waals surface area contributed by atoms with Gasteiger partial charge in [-0.1, -0.05) is 6.92 Å². The number of aryl methyl sites for hydroxylation is 1. The van der Waals surface area contributed by atoms with E-state index < -0.39 is 5.60 Å². The average molecular weight is 324 g/mol. The van der Waals surface area contributed by atoms with Crippen molar-refractivity contribution in [2.24, 2.45) is 0 Å². The van der Waals surface area contributed by atoms with E-state index in [0.717, 1.165) is 19.3 Å². The highest BCUT2D eigenvalue weighted by Gasteiger charge is 2.32. The molecule has 124 valence electrons. The zero-order valence-electron chi connectivity index (χ0n) is 14.2. The fourth-order valence-electron chi connectivity index (χ4n) is 2.60. The Bertz CT molecular complexity index is 501. The van der Waals surface area contributed by atoms with Gasteiger partial charge in [-0.25, -0.2) is 4.79 Å². The first-order valence-corrected chi connectivity index (χ1v) is 8.92. The molecule has 1 aromatic rings. The molecular formula is C17H28N2O2S. The number of rotatable bonds is 5. The van der Waals surface area contributed by atoms with Crippen LogP contribution in [0, 0.1) is 0 Å². The van der Waals surface area contributed by atoms with E-state index in [1.807, 2.05) is 32.1 Å². The molecule has 1 heterocycles. The van der Waals surface area contributed by atoms with E-state index >= 15 is 0 Å². The minimum atomic E-state index is -0.434. The minimum absolute atomic E-state index is 0.231. The smallest absolute Gasteiger partial charge is 0.407 e. The molecule has 1 amide bonds. The molecule has 1 aliphatic carbocycles. The van der Waals surface area contributed by atoms with E-state index in [-0.39, 0.29) is 12.1 Å². The predicted molar refractivity (Wildman–Crippen MR) is 91.4 cm³/mol. The zero-order chi connectivity index (χ0) is 16.3. The molecule has 1 aromatic heterocycles. The van der Waals surface area contributed by atoms with E-state index in [1.165, 1.54) is 9.75 Å². The fraction of sp³-hybridized carbons (Fsp3) is 0.706. The largest absolute Gasteiger partial charge is 0.444 e. The van der Waals surface area contributed by atoms with E-state index in [2.05, 4.69) is 36.6 Å². The van der Waals surface area contributed by atoms with Crippen LogP contribution in [0.5, 0.6) is 0 Å². The number of ether oxygens (including phenoxy) is 1. The average Bonchev–Trinajstić information content (AvgIpc) is 2.82. The van der Waals surface area contributed by atoms with Crippen molar-refractivity contribution < 1.29 is 9.53 Å². The lowest BCUT2D eigenvalue weighted by molar-refractivity contribution is 0.0463. The Labute approximate surface area is 137 Å². The van der Waals surface area contributed by atoms with E-state index in [1.54, 1.807) is 0 Å². The first-order chi connectivity index (χ1) is 10.3. The molecule has 0 aliphatic heterocycles. The molecule has 1 unspecified atom stereocenters.